The van der Waals surface area contributed by atoms with Gasteiger partial charge in [-0.3, -0.25) is 4.79 Å². The molecule has 0 N–H and O–H groups in total. The van der Waals surface area contributed by atoms with Gasteiger partial charge in [0.25, 0.3) is 0 Å². The highest BCUT2D eigenvalue weighted by atomic mass is 79.9. The number of thiazole rings is 1. The maximum atomic E-state index is 12.2. The molecule has 0 amide bonds. The summed E-state index contributed by atoms with van der Waals surface area (Å²) in [6.07, 6.45) is 0.363. The second-order valence-corrected chi connectivity index (χ2v) is 7.13. The minimum atomic E-state index is 0.0887. The van der Waals surface area contributed by atoms with Gasteiger partial charge in [-0.1, -0.05) is 31.9 Å². The van der Waals surface area contributed by atoms with Crippen LogP contribution in [0.2, 0.25) is 0 Å². The van der Waals surface area contributed by atoms with Gasteiger partial charge in [0.1, 0.15) is 5.01 Å². The molecule has 0 aliphatic carbocycles. The molecule has 18 heavy (non-hydrogen) atoms. The standard InChI is InChI=1S/C13H11Br2NOS/c1-7-8(2)18-13(16-7)6-12(17)9-3-10(14)5-11(15)4-9/h3-5H,6H2,1-2H3. The number of carbonyl (C=O) groups excluding carboxylic acids is 1. The Bertz CT molecular complexity index is 567. The van der Waals surface area contributed by atoms with E-state index in [1.807, 2.05) is 32.0 Å². The summed E-state index contributed by atoms with van der Waals surface area (Å²) in [4.78, 5) is 17.7. The first-order valence-corrected chi connectivity index (χ1v) is 7.78. The van der Waals surface area contributed by atoms with Gasteiger partial charge >= 0.3 is 0 Å². The Kier molecular flexibility index (Phi) is 4.35. The summed E-state index contributed by atoms with van der Waals surface area (Å²) in [5.41, 5.74) is 1.71. The zero-order chi connectivity index (χ0) is 13.3. The molecule has 0 atom stereocenters. The zero-order valence-corrected chi connectivity index (χ0v) is 13.9. The normalized spacial score (nSPS) is 10.7. The Morgan fingerprint density at radius 3 is 2.33 bits per heavy atom. The van der Waals surface area contributed by atoms with Crippen molar-refractivity contribution in [2.75, 3.05) is 0 Å². The largest absolute Gasteiger partial charge is 0.294 e. The molecule has 1 heterocycles. The van der Waals surface area contributed by atoms with E-state index < -0.39 is 0 Å². The SMILES string of the molecule is Cc1nc(CC(=O)c2cc(Br)cc(Br)c2)sc1C. The number of carbonyl (C=O) groups is 1. The van der Waals surface area contributed by atoms with Crippen LogP contribution in [0.15, 0.2) is 27.1 Å². The maximum absolute atomic E-state index is 12.2. The van der Waals surface area contributed by atoms with Crippen molar-refractivity contribution in [3.63, 3.8) is 0 Å². The summed E-state index contributed by atoms with van der Waals surface area (Å²) < 4.78 is 1.79. The third kappa shape index (κ3) is 3.28. The van der Waals surface area contributed by atoms with Crippen LogP contribution >= 0.6 is 43.2 Å². The van der Waals surface area contributed by atoms with Gasteiger partial charge in [0.05, 0.1) is 12.1 Å². The molecule has 2 aromatic rings. The Morgan fingerprint density at radius 1 is 1.22 bits per heavy atom. The van der Waals surface area contributed by atoms with Crippen LogP contribution in [0.5, 0.6) is 0 Å². The number of aryl methyl sites for hydroxylation is 2. The molecule has 0 fully saturated rings. The molecule has 1 aromatic carbocycles. The maximum Gasteiger partial charge on any atom is 0.169 e. The summed E-state index contributed by atoms with van der Waals surface area (Å²) in [5, 5.41) is 0.881. The van der Waals surface area contributed by atoms with Crippen molar-refractivity contribution >= 4 is 49.0 Å². The number of ketones is 1. The fourth-order valence-corrected chi connectivity index (χ4v) is 3.80. The second kappa shape index (κ2) is 5.63. The number of hydrogen-bond donors (Lipinski definition) is 0. The van der Waals surface area contributed by atoms with E-state index in [1.54, 1.807) is 11.3 Å². The van der Waals surface area contributed by atoms with E-state index in [1.165, 1.54) is 4.88 Å². The Morgan fingerprint density at radius 2 is 1.83 bits per heavy atom. The van der Waals surface area contributed by atoms with Crippen LogP contribution in [0.25, 0.3) is 0 Å². The van der Waals surface area contributed by atoms with Crippen LogP contribution in [-0.4, -0.2) is 10.8 Å². The monoisotopic (exact) mass is 387 g/mol. The lowest BCUT2D eigenvalue weighted by atomic mass is 10.1. The first kappa shape index (κ1) is 13.9. The van der Waals surface area contributed by atoms with Crippen molar-refractivity contribution < 1.29 is 4.79 Å². The summed E-state index contributed by atoms with van der Waals surface area (Å²) >= 11 is 8.36. The molecule has 0 saturated heterocycles. The Balaban J connectivity index is 2.21. The molecule has 0 unspecified atom stereocenters. The van der Waals surface area contributed by atoms with Crippen molar-refractivity contribution in [1.82, 2.24) is 4.98 Å². The van der Waals surface area contributed by atoms with Gasteiger partial charge in [-0.15, -0.1) is 11.3 Å². The van der Waals surface area contributed by atoms with Gasteiger partial charge in [-0.2, -0.15) is 0 Å². The van der Waals surface area contributed by atoms with Crippen molar-refractivity contribution in [3.8, 4) is 0 Å². The average molecular weight is 389 g/mol. The predicted molar refractivity (Wildman–Crippen MR) is 81.5 cm³/mol. The van der Waals surface area contributed by atoms with Crippen molar-refractivity contribution in [1.29, 1.82) is 0 Å². The second-order valence-electron chi connectivity index (χ2n) is 4.01. The lowest BCUT2D eigenvalue weighted by Gasteiger charge is -2.01. The first-order valence-electron chi connectivity index (χ1n) is 5.38. The number of rotatable bonds is 3. The minimum Gasteiger partial charge on any atom is -0.294 e. The third-order valence-electron chi connectivity index (χ3n) is 2.57. The molecule has 1 aromatic heterocycles. The number of aromatic nitrogens is 1. The molecule has 2 nitrogen and oxygen atoms in total. The number of Topliss-reactive ketones (excluding diaryl/α,β-unsaturated/α-hetero) is 1. The number of halogens is 2. The summed E-state index contributed by atoms with van der Waals surface area (Å²) in [7, 11) is 0. The first-order chi connectivity index (χ1) is 8.45. The molecule has 0 radical (unpaired) electrons. The van der Waals surface area contributed by atoms with Crippen LogP contribution in [0.1, 0.15) is 25.9 Å². The highest BCUT2D eigenvalue weighted by Gasteiger charge is 2.12. The number of benzene rings is 1. The summed E-state index contributed by atoms with van der Waals surface area (Å²) in [6, 6.07) is 5.58. The van der Waals surface area contributed by atoms with Crippen LogP contribution in [0.3, 0.4) is 0 Å². The molecule has 0 bridgehead atoms. The fraction of sp³-hybridized carbons (Fsp3) is 0.231. The highest BCUT2D eigenvalue weighted by Crippen LogP contribution is 2.23. The van der Waals surface area contributed by atoms with E-state index in [0.717, 1.165) is 19.6 Å². The smallest absolute Gasteiger partial charge is 0.169 e. The third-order valence-corrected chi connectivity index (χ3v) is 4.56. The van der Waals surface area contributed by atoms with Crippen LogP contribution < -0.4 is 0 Å². The molecule has 0 spiro atoms. The predicted octanol–water partition coefficient (Wildman–Crippen LogP) is 4.71. The van der Waals surface area contributed by atoms with Crippen molar-refractivity contribution in [3.05, 3.63) is 48.3 Å². The van der Waals surface area contributed by atoms with Gasteiger partial charge in [0.15, 0.2) is 5.78 Å². The molecule has 0 saturated carbocycles. The lowest BCUT2D eigenvalue weighted by Crippen LogP contribution is -2.03. The molecular formula is C13H11Br2NOS. The van der Waals surface area contributed by atoms with Gasteiger partial charge in [0.2, 0.25) is 0 Å². The van der Waals surface area contributed by atoms with Gasteiger partial charge in [-0.05, 0) is 32.0 Å². The number of nitrogens with zero attached hydrogens (tertiary/aromatic N) is 1. The van der Waals surface area contributed by atoms with Crippen LogP contribution in [-0.2, 0) is 6.42 Å². The summed E-state index contributed by atoms with van der Waals surface area (Å²) in [5.74, 6) is 0.0887. The highest BCUT2D eigenvalue weighted by molar-refractivity contribution is 9.11. The topological polar surface area (TPSA) is 30.0 Å². The summed E-state index contributed by atoms with van der Waals surface area (Å²) in [6.45, 7) is 3.99. The van der Waals surface area contributed by atoms with E-state index in [-0.39, 0.29) is 5.78 Å². The minimum absolute atomic E-state index is 0.0887. The van der Waals surface area contributed by atoms with Gasteiger partial charge < -0.3 is 0 Å². The molecule has 2 rings (SSSR count). The van der Waals surface area contributed by atoms with Crippen molar-refractivity contribution in [2.45, 2.75) is 20.3 Å². The molecule has 0 aliphatic heterocycles. The molecular weight excluding hydrogens is 378 g/mol. The van der Waals surface area contributed by atoms with Crippen LogP contribution in [0.4, 0.5) is 0 Å². The van der Waals surface area contributed by atoms with Gasteiger partial charge in [0, 0.05) is 19.4 Å². The van der Waals surface area contributed by atoms with E-state index in [9.17, 15) is 4.79 Å². The average Bonchev–Trinajstić information content (AvgIpc) is 2.56. The van der Waals surface area contributed by atoms with E-state index in [0.29, 0.717) is 12.0 Å². The Hall–Kier alpha value is -0.520. The van der Waals surface area contributed by atoms with E-state index >= 15 is 0 Å². The quantitative estimate of drug-likeness (QED) is 0.712. The van der Waals surface area contributed by atoms with Crippen LogP contribution in [0, 0.1) is 13.8 Å². The fourth-order valence-electron chi connectivity index (χ4n) is 1.57. The zero-order valence-electron chi connectivity index (χ0n) is 9.96. The van der Waals surface area contributed by atoms with E-state index in [4.69, 9.17) is 0 Å². The molecule has 5 heteroatoms. The Labute approximate surface area is 127 Å². The number of hydrogen-bond acceptors (Lipinski definition) is 3. The lowest BCUT2D eigenvalue weighted by molar-refractivity contribution is 0.0993. The van der Waals surface area contributed by atoms with Gasteiger partial charge in [-0.25, -0.2) is 4.98 Å². The van der Waals surface area contributed by atoms with E-state index in [2.05, 4.69) is 36.8 Å². The molecule has 94 valence electrons. The van der Waals surface area contributed by atoms with Crippen molar-refractivity contribution in [2.24, 2.45) is 0 Å². The molecule has 0 aliphatic rings.